The largest absolute Gasteiger partial charge is 0.479 e. The second-order valence-electron chi connectivity index (χ2n) is 8.45. The van der Waals surface area contributed by atoms with Crippen LogP contribution < -0.4 is 19.7 Å². The zero-order valence-electron chi connectivity index (χ0n) is 18.6. The van der Waals surface area contributed by atoms with Gasteiger partial charge in [0.1, 0.15) is 23.3 Å². The Morgan fingerprint density at radius 1 is 1.15 bits per heavy atom. The molecule has 1 atom stereocenters. The van der Waals surface area contributed by atoms with E-state index in [-0.39, 0.29) is 31.5 Å². The van der Waals surface area contributed by atoms with Crippen LogP contribution in [-0.2, 0) is 16.1 Å². The van der Waals surface area contributed by atoms with Crippen molar-refractivity contribution in [1.82, 2.24) is 25.3 Å². The lowest BCUT2D eigenvalue weighted by atomic mass is 10.2. The van der Waals surface area contributed by atoms with Crippen molar-refractivity contribution < 1.29 is 24.2 Å². The van der Waals surface area contributed by atoms with Gasteiger partial charge in [0, 0.05) is 31.3 Å². The lowest BCUT2D eigenvalue weighted by molar-refractivity contribution is -0.123. The highest BCUT2D eigenvalue weighted by Gasteiger charge is 2.34. The molecule has 2 aliphatic rings. The highest BCUT2D eigenvalue weighted by molar-refractivity contribution is 6.00. The Hall–Kier alpha value is -3.73. The van der Waals surface area contributed by atoms with E-state index in [1.165, 1.54) is 17.6 Å². The fourth-order valence-corrected chi connectivity index (χ4v) is 3.76. The van der Waals surface area contributed by atoms with Crippen molar-refractivity contribution in [2.75, 3.05) is 31.2 Å². The van der Waals surface area contributed by atoms with Gasteiger partial charge < -0.3 is 24.8 Å². The molecule has 1 saturated carbocycles. The minimum Gasteiger partial charge on any atom is -0.479 e. The zero-order chi connectivity index (χ0) is 23.5. The Kier molecular flexibility index (Phi) is 6.26. The summed E-state index contributed by atoms with van der Waals surface area (Å²) in [5.41, 5.74) is 1.89. The van der Waals surface area contributed by atoms with Crippen LogP contribution in [-0.4, -0.2) is 69.3 Å². The Morgan fingerprint density at radius 3 is 2.76 bits per heavy atom. The van der Waals surface area contributed by atoms with Gasteiger partial charge in [0.25, 0.3) is 5.91 Å². The fraction of sp³-hybridized carbons (Fsp3) is 0.435. The first-order chi connectivity index (χ1) is 16.6. The summed E-state index contributed by atoms with van der Waals surface area (Å²) in [6.07, 6.45) is 3.97. The summed E-state index contributed by atoms with van der Waals surface area (Å²) in [4.78, 5) is 32.0. The van der Waals surface area contributed by atoms with Crippen molar-refractivity contribution in [1.29, 1.82) is 0 Å². The number of amides is 2. The molecular weight excluding hydrogens is 440 g/mol. The number of rotatable bonds is 10. The first-order valence-electron chi connectivity index (χ1n) is 11.4. The number of pyridine rings is 1. The average molecular weight is 466 g/mol. The highest BCUT2D eigenvalue weighted by atomic mass is 16.5. The quantitative estimate of drug-likeness (QED) is 0.451. The number of benzene rings is 1. The molecule has 0 unspecified atom stereocenters. The summed E-state index contributed by atoms with van der Waals surface area (Å²) in [5, 5.41) is 20.0. The molecule has 0 radical (unpaired) electrons. The van der Waals surface area contributed by atoms with Crippen molar-refractivity contribution in [2.45, 2.75) is 31.9 Å². The standard InChI is InChI=1S/C23H26N6O5/c30-10-8-24-21(31)13-29-26-18-5-3-16(11-19(18)27-29)28-9-7-20(23(28)32)34-17-4-6-22(25-12-17)33-14-15-1-2-15/h3-6,11-12,15,20,30H,1-2,7-10,13-14H2,(H,24,31)/t20-/m1/s1. The number of ether oxygens (including phenoxy) is 2. The third kappa shape index (κ3) is 5.09. The minimum absolute atomic E-state index is 0.0545. The molecule has 3 aromatic rings. The number of hydrogen-bond acceptors (Lipinski definition) is 8. The van der Waals surface area contributed by atoms with Gasteiger partial charge in [-0.3, -0.25) is 9.59 Å². The summed E-state index contributed by atoms with van der Waals surface area (Å²) in [7, 11) is 0. The second kappa shape index (κ2) is 9.64. The summed E-state index contributed by atoms with van der Waals surface area (Å²) in [6.45, 7) is 1.20. The van der Waals surface area contributed by atoms with Crippen molar-refractivity contribution in [2.24, 2.45) is 5.92 Å². The highest BCUT2D eigenvalue weighted by Crippen LogP contribution is 2.30. The van der Waals surface area contributed by atoms with Crippen molar-refractivity contribution >= 4 is 28.5 Å². The molecule has 2 aromatic heterocycles. The van der Waals surface area contributed by atoms with E-state index < -0.39 is 6.10 Å². The number of hydrogen-bond donors (Lipinski definition) is 2. The van der Waals surface area contributed by atoms with Gasteiger partial charge in [-0.25, -0.2) is 4.98 Å². The van der Waals surface area contributed by atoms with E-state index >= 15 is 0 Å². The van der Waals surface area contributed by atoms with E-state index in [0.29, 0.717) is 53.8 Å². The van der Waals surface area contributed by atoms with Gasteiger partial charge in [0.2, 0.25) is 11.8 Å². The van der Waals surface area contributed by atoms with Crippen LogP contribution in [0.3, 0.4) is 0 Å². The molecule has 3 heterocycles. The number of aromatic nitrogens is 4. The Balaban J connectivity index is 1.20. The number of carbonyl (C=O) groups is 2. The minimum atomic E-state index is -0.596. The molecule has 11 heteroatoms. The van der Waals surface area contributed by atoms with Crippen LogP contribution in [0, 0.1) is 5.92 Å². The maximum absolute atomic E-state index is 13.0. The van der Waals surface area contributed by atoms with Crippen LogP contribution in [0.2, 0.25) is 0 Å². The SMILES string of the molecule is O=C(Cn1nc2ccc(N3CC[C@@H](Oc4ccc(OCC5CC5)nc4)C3=O)cc2n1)NCCO. The lowest BCUT2D eigenvalue weighted by Crippen LogP contribution is -2.32. The number of aliphatic hydroxyl groups excluding tert-OH is 1. The van der Waals surface area contributed by atoms with E-state index in [2.05, 4.69) is 20.5 Å². The van der Waals surface area contributed by atoms with Crippen LogP contribution in [0.25, 0.3) is 11.0 Å². The number of anilines is 1. The van der Waals surface area contributed by atoms with Crippen LogP contribution in [0.15, 0.2) is 36.5 Å². The van der Waals surface area contributed by atoms with Crippen molar-refractivity contribution in [3.63, 3.8) is 0 Å². The van der Waals surface area contributed by atoms with Gasteiger partial charge in [-0.1, -0.05) is 0 Å². The molecule has 5 rings (SSSR count). The van der Waals surface area contributed by atoms with E-state index in [9.17, 15) is 9.59 Å². The predicted octanol–water partition coefficient (Wildman–Crippen LogP) is 0.908. The Bertz CT molecular complexity index is 1180. The molecule has 0 bridgehead atoms. The van der Waals surface area contributed by atoms with Crippen molar-refractivity contribution in [3.05, 3.63) is 36.5 Å². The number of nitrogens with zero attached hydrogens (tertiary/aromatic N) is 5. The number of nitrogens with one attached hydrogen (secondary N) is 1. The van der Waals surface area contributed by atoms with Gasteiger partial charge in [0.05, 0.1) is 19.4 Å². The molecule has 178 valence electrons. The molecule has 2 N–H and O–H groups in total. The molecule has 1 saturated heterocycles. The number of carbonyl (C=O) groups excluding carboxylic acids is 2. The molecule has 1 aromatic carbocycles. The first kappa shape index (κ1) is 22.1. The maximum atomic E-state index is 13.0. The molecule has 2 fully saturated rings. The van der Waals surface area contributed by atoms with Gasteiger partial charge >= 0.3 is 0 Å². The molecular formula is C23H26N6O5. The summed E-state index contributed by atoms with van der Waals surface area (Å²) < 4.78 is 11.5. The molecule has 1 aliphatic carbocycles. The van der Waals surface area contributed by atoms with Crippen molar-refractivity contribution in [3.8, 4) is 11.6 Å². The zero-order valence-corrected chi connectivity index (χ0v) is 18.6. The average Bonchev–Trinajstić information content (AvgIpc) is 3.49. The third-order valence-corrected chi connectivity index (χ3v) is 5.74. The monoisotopic (exact) mass is 466 g/mol. The smallest absolute Gasteiger partial charge is 0.268 e. The number of aliphatic hydroxyl groups is 1. The van der Waals surface area contributed by atoms with Gasteiger partial charge in [-0.05, 0) is 43.0 Å². The van der Waals surface area contributed by atoms with Crippen LogP contribution in [0.4, 0.5) is 5.69 Å². The third-order valence-electron chi connectivity index (χ3n) is 5.74. The molecule has 1 aliphatic heterocycles. The number of fused-ring (bicyclic) bond motifs is 1. The first-order valence-corrected chi connectivity index (χ1v) is 11.4. The summed E-state index contributed by atoms with van der Waals surface area (Å²) >= 11 is 0. The van der Waals surface area contributed by atoms with Gasteiger partial charge in [0.15, 0.2) is 6.10 Å². The molecule has 2 amide bonds. The fourth-order valence-electron chi connectivity index (χ4n) is 3.76. The topological polar surface area (TPSA) is 132 Å². The Morgan fingerprint density at radius 2 is 2.00 bits per heavy atom. The molecule has 11 nitrogen and oxygen atoms in total. The van der Waals surface area contributed by atoms with E-state index in [4.69, 9.17) is 14.6 Å². The van der Waals surface area contributed by atoms with Crippen LogP contribution >= 0.6 is 0 Å². The van der Waals surface area contributed by atoms with Crippen LogP contribution in [0.1, 0.15) is 19.3 Å². The summed E-state index contributed by atoms with van der Waals surface area (Å²) in [5.74, 6) is 1.31. The molecule has 34 heavy (non-hydrogen) atoms. The maximum Gasteiger partial charge on any atom is 0.268 e. The molecule has 0 spiro atoms. The second-order valence-corrected chi connectivity index (χ2v) is 8.45. The van der Waals surface area contributed by atoms with E-state index in [0.717, 1.165) is 0 Å². The summed E-state index contributed by atoms with van der Waals surface area (Å²) in [6, 6.07) is 8.88. The Labute approximate surface area is 195 Å². The van der Waals surface area contributed by atoms with Gasteiger partial charge in [-0.2, -0.15) is 15.0 Å². The normalized spacial score (nSPS) is 17.9. The van der Waals surface area contributed by atoms with E-state index in [1.807, 2.05) is 0 Å². The predicted molar refractivity (Wildman–Crippen MR) is 121 cm³/mol. The van der Waals surface area contributed by atoms with Gasteiger partial charge in [-0.15, -0.1) is 0 Å². The lowest BCUT2D eigenvalue weighted by Gasteiger charge is -2.17. The van der Waals surface area contributed by atoms with E-state index in [1.54, 1.807) is 41.4 Å². The van der Waals surface area contributed by atoms with Crippen LogP contribution in [0.5, 0.6) is 11.6 Å².